The monoisotopic (exact) mass is 284 g/mol. The van der Waals surface area contributed by atoms with Crippen molar-refractivity contribution in [3.05, 3.63) is 29.8 Å². The van der Waals surface area contributed by atoms with Gasteiger partial charge in [0.1, 0.15) is 23.9 Å². The van der Waals surface area contributed by atoms with E-state index in [1.54, 1.807) is 0 Å². The molecule has 0 aromatic heterocycles. The fourth-order valence-electron chi connectivity index (χ4n) is 1.70. The molecule has 0 saturated carbocycles. The van der Waals surface area contributed by atoms with Gasteiger partial charge >= 0.3 is 0 Å². The second-order valence-electron chi connectivity index (χ2n) is 4.38. The van der Waals surface area contributed by atoms with E-state index in [0.29, 0.717) is 6.54 Å². The summed E-state index contributed by atoms with van der Waals surface area (Å²) in [6.07, 6.45) is 1.72. The number of anilines is 1. The fourth-order valence-corrected chi connectivity index (χ4v) is 1.70. The van der Waals surface area contributed by atoms with Gasteiger partial charge in [-0.1, -0.05) is 19.4 Å². The second-order valence-corrected chi connectivity index (χ2v) is 4.38. The predicted molar refractivity (Wildman–Crippen MR) is 72.3 cm³/mol. The average Bonchev–Trinajstić information content (AvgIpc) is 2.37. The summed E-state index contributed by atoms with van der Waals surface area (Å²) in [4.78, 5) is 24.0. The second kappa shape index (κ2) is 7.57. The highest BCUT2D eigenvalue weighted by Gasteiger charge is 2.22. The Morgan fingerprint density at radius 3 is 2.35 bits per heavy atom. The van der Waals surface area contributed by atoms with E-state index < -0.39 is 35.7 Å². The van der Waals surface area contributed by atoms with Crippen LogP contribution in [0.25, 0.3) is 0 Å². The first-order valence-electron chi connectivity index (χ1n) is 6.46. The number of carbonyl (C=O) groups excluding carboxylic acids is 2. The molecule has 2 amide bonds. The maximum atomic E-state index is 13.7. The topological polar surface area (TPSA) is 49.4 Å². The highest BCUT2D eigenvalue weighted by atomic mass is 19.1. The number of para-hydroxylation sites is 1. The molecule has 110 valence electrons. The molecule has 1 aromatic rings. The SMILES string of the molecule is CCCCNC(=O)CN(C(C)=O)c1c(F)cccc1F. The number of carbonyl (C=O) groups is 2. The Morgan fingerprint density at radius 2 is 1.85 bits per heavy atom. The van der Waals surface area contributed by atoms with Gasteiger partial charge < -0.3 is 5.32 Å². The van der Waals surface area contributed by atoms with Gasteiger partial charge in [-0.3, -0.25) is 14.5 Å². The lowest BCUT2D eigenvalue weighted by Gasteiger charge is -2.21. The zero-order chi connectivity index (χ0) is 15.1. The van der Waals surface area contributed by atoms with E-state index in [4.69, 9.17) is 0 Å². The predicted octanol–water partition coefficient (Wildman–Crippen LogP) is 2.23. The Labute approximate surface area is 116 Å². The van der Waals surface area contributed by atoms with Crippen molar-refractivity contribution in [1.29, 1.82) is 0 Å². The van der Waals surface area contributed by atoms with Crippen molar-refractivity contribution in [3.8, 4) is 0 Å². The fraction of sp³-hybridized carbons (Fsp3) is 0.429. The normalized spacial score (nSPS) is 10.2. The van der Waals surface area contributed by atoms with Crippen LogP contribution in [0.5, 0.6) is 0 Å². The molecule has 0 unspecified atom stereocenters. The minimum absolute atomic E-state index is 0.406. The average molecular weight is 284 g/mol. The smallest absolute Gasteiger partial charge is 0.240 e. The van der Waals surface area contributed by atoms with Gasteiger partial charge in [-0.15, -0.1) is 0 Å². The van der Waals surface area contributed by atoms with Gasteiger partial charge in [0.2, 0.25) is 11.8 Å². The first kappa shape index (κ1) is 16.1. The number of amides is 2. The number of nitrogens with zero attached hydrogens (tertiary/aromatic N) is 1. The van der Waals surface area contributed by atoms with Crippen molar-refractivity contribution in [2.75, 3.05) is 18.0 Å². The molecule has 20 heavy (non-hydrogen) atoms. The summed E-state index contributed by atoms with van der Waals surface area (Å²) >= 11 is 0. The van der Waals surface area contributed by atoms with Crippen LogP contribution in [0.15, 0.2) is 18.2 Å². The van der Waals surface area contributed by atoms with Crippen LogP contribution < -0.4 is 10.2 Å². The Kier molecular flexibility index (Phi) is 6.09. The third kappa shape index (κ3) is 4.29. The van der Waals surface area contributed by atoms with Crippen LogP contribution >= 0.6 is 0 Å². The molecule has 1 rings (SSSR count). The molecule has 0 radical (unpaired) electrons. The standard InChI is InChI=1S/C14H18F2N2O2/c1-3-4-8-17-13(20)9-18(10(2)19)14-11(15)6-5-7-12(14)16/h5-7H,3-4,8-9H2,1-2H3,(H,17,20). The van der Waals surface area contributed by atoms with Gasteiger partial charge in [0.25, 0.3) is 0 Å². The van der Waals surface area contributed by atoms with Gasteiger partial charge in [0, 0.05) is 13.5 Å². The maximum Gasteiger partial charge on any atom is 0.240 e. The van der Waals surface area contributed by atoms with Crippen molar-refractivity contribution < 1.29 is 18.4 Å². The molecule has 0 aliphatic rings. The van der Waals surface area contributed by atoms with E-state index in [0.717, 1.165) is 36.8 Å². The molecule has 0 saturated heterocycles. The zero-order valence-electron chi connectivity index (χ0n) is 11.6. The summed E-state index contributed by atoms with van der Waals surface area (Å²) in [6, 6.07) is 3.29. The maximum absolute atomic E-state index is 13.7. The molecule has 1 aromatic carbocycles. The first-order chi connectivity index (χ1) is 9.47. The lowest BCUT2D eigenvalue weighted by Crippen LogP contribution is -2.41. The first-order valence-corrected chi connectivity index (χ1v) is 6.46. The van der Waals surface area contributed by atoms with Gasteiger partial charge in [0.15, 0.2) is 0 Å². The van der Waals surface area contributed by atoms with Gasteiger partial charge in [0.05, 0.1) is 0 Å². The molecule has 0 aliphatic carbocycles. The number of hydrogen-bond acceptors (Lipinski definition) is 2. The highest BCUT2D eigenvalue weighted by molar-refractivity contribution is 5.97. The van der Waals surface area contributed by atoms with Crippen molar-refractivity contribution in [3.63, 3.8) is 0 Å². The number of unbranched alkanes of at least 4 members (excludes halogenated alkanes) is 1. The van der Waals surface area contributed by atoms with Crippen molar-refractivity contribution in [2.24, 2.45) is 0 Å². The van der Waals surface area contributed by atoms with E-state index in [9.17, 15) is 18.4 Å². The van der Waals surface area contributed by atoms with Crippen LogP contribution in [-0.4, -0.2) is 24.9 Å². The van der Waals surface area contributed by atoms with E-state index >= 15 is 0 Å². The minimum atomic E-state index is -0.874. The molecule has 0 bridgehead atoms. The highest BCUT2D eigenvalue weighted by Crippen LogP contribution is 2.23. The van der Waals surface area contributed by atoms with Gasteiger partial charge in [-0.2, -0.15) is 0 Å². The van der Waals surface area contributed by atoms with E-state index in [-0.39, 0.29) is 0 Å². The van der Waals surface area contributed by atoms with Crippen LogP contribution in [-0.2, 0) is 9.59 Å². The molecule has 0 spiro atoms. The van der Waals surface area contributed by atoms with Crippen LogP contribution in [0.3, 0.4) is 0 Å². The summed E-state index contributed by atoms with van der Waals surface area (Å²) in [5.41, 5.74) is -0.495. The van der Waals surface area contributed by atoms with Crippen LogP contribution in [0.4, 0.5) is 14.5 Å². The summed E-state index contributed by atoms with van der Waals surface area (Å²) in [7, 11) is 0. The molecule has 1 N–H and O–H groups in total. The zero-order valence-corrected chi connectivity index (χ0v) is 11.6. The number of hydrogen-bond donors (Lipinski definition) is 1. The molecule has 4 nitrogen and oxygen atoms in total. The van der Waals surface area contributed by atoms with Crippen LogP contribution in [0.2, 0.25) is 0 Å². The van der Waals surface area contributed by atoms with Gasteiger partial charge in [-0.05, 0) is 18.6 Å². The Balaban J connectivity index is 2.85. The quantitative estimate of drug-likeness (QED) is 0.814. The third-order valence-electron chi connectivity index (χ3n) is 2.74. The number of benzene rings is 1. The molecule has 0 aliphatic heterocycles. The van der Waals surface area contributed by atoms with Crippen molar-refractivity contribution in [2.45, 2.75) is 26.7 Å². The molecule has 0 heterocycles. The third-order valence-corrected chi connectivity index (χ3v) is 2.74. The molecule has 0 atom stereocenters. The van der Waals surface area contributed by atoms with E-state index in [2.05, 4.69) is 5.32 Å². The Morgan fingerprint density at radius 1 is 1.25 bits per heavy atom. The number of nitrogens with one attached hydrogen (secondary N) is 1. The lowest BCUT2D eigenvalue weighted by atomic mass is 10.2. The Bertz CT molecular complexity index is 472. The van der Waals surface area contributed by atoms with Crippen molar-refractivity contribution >= 4 is 17.5 Å². The Hall–Kier alpha value is -1.98. The van der Waals surface area contributed by atoms with Crippen LogP contribution in [0, 0.1) is 11.6 Å². The number of rotatable bonds is 6. The minimum Gasteiger partial charge on any atom is -0.355 e. The molecular weight excluding hydrogens is 266 g/mol. The van der Waals surface area contributed by atoms with Crippen LogP contribution in [0.1, 0.15) is 26.7 Å². The summed E-state index contributed by atoms with van der Waals surface area (Å²) in [5, 5.41) is 2.60. The largest absolute Gasteiger partial charge is 0.355 e. The van der Waals surface area contributed by atoms with Crippen molar-refractivity contribution in [1.82, 2.24) is 5.32 Å². The molecule has 0 fully saturated rings. The van der Waals surface area contributed by atoms with E-state index in [1.807, 2.05) is 6.92 Å². The summed E-state index contributed by atoms with van der Waals surface area (Å²) < 4.78 is 27.3. The summed E-state index contributed by atoms with van der Waals surface area (Å²) in [6.45, 7) is 3.20. The molecule has 6 heteroatoms. The van der Waals surface area contributed by atoms with Gasteiger partial charge in [-0.25, -0.2) is 8.78 Å². The lowest BCUT2D eigenvalue weighted by molar-refractivity contribution is -0.123. The van der Waals surface area contributed by atoms with E-state index in [1.165, 1.54) is 6.07 Å². The number of halogens is 2. The summed E-state index contributed by atoms with van der Waals surface area (Å²) in [5.74, 6) is -2.79. The molecular formula is C14H18F2N2O2.